The fourth-order valence-electron chi connectivity index (χ4n) is 2.65. The van der Waals surface area contributed by atoms with E-state index in [1.807, 2.05) is 0 Å². The maximum absolute atomic E-state index is 13.2. The zero-order valence-electron chi connectivity index (χ0n) is 15.4. The van der Waals surface area contributed by atoms with Crippen molar-refractivity contribution in [1.29, 1.82) is 0 Å². The molecule has 0 aliphatic carbocycles. The number of benzene rings is 2. The molecule has 1 aromatic heterocycles. The number of aromatic nitrogens is 2. The fourth-order valence-corrected chi connectivity index (χ4v) is 3.55. The Kier molecular flexibility index (Phi) is 5.91. The Bertz CT molecular complexity index is 1210. The molecular weight excluding hydrogens is 443 g/mol. The van der Waals surface area contributed by atoms with E-state index in [2.05, 4.69) is 10.4 Å². The number of alkyl halides is 3. The molecule has 0 fully saturated rings. The van der Waals surface area contributed by atoms with Gasteiger partial charge in [0.05, 0.1) is 15.6 Å². The molecule has 3 aromatic rings. The van der Waals surface area contributed by atoms with Crippen molar-refractivity contribution >= 4 is 27.3 Å². The highest BCUT2D eigenvalue weighted by Gasteiger charge is 2.36. The van der Waals surface area contributed by atoms with E-state index in [-0.39, 0.29) is 27.8 Å². The molecule has 6 nitrogen and oxygen atoms in total. The number of sulfone groups is 1. The van der Waals surface area contributed by atoms with Crippen LogP contribution < -0.4 is 5.32 Å². The Morgan fingerprint density at radius 1 is 1.13 bits per heavy atom. The predicted octanol–water partition coefficient (Wildman–Crippen LogP) is 3.88. The third kappa shape index (κ3) is 4.82. The summed E-state index contributed by atoms with van der Waals surface area (Å²) in [7, 11) is -3.44. The number of nitrogens with one attached hydrogen (secondary N) is 1. The first-order valence-corrected chi connectivity index (χ1v) is 10.7. The lowest BCUT2D eigenvalue weighted by atomic mass is 10.2. The fraction of sp³-hybridized carbons (Fsp3) is 0.158. The molecule has 0 saturated carbocycles. The Labute approximate surface area is 175 Å². The Hall–Kier alpha value is -2.85. The minimum Gasteiger partial charge on any atom is -0.347 e. The number of hydrogen-bond acceptors (Lipinski definition) is 4. The summed E-state index contributed by atoms with van der Waals surface area (Å²) in [6.45, 7) is -0.1000. The second kappa shape index (κ2) is 8.11. The van der Waals surface area contributed by atoms with Gasteiger partial charge < -0.3 is 5.32 Å². The minimum absolute atomic E-state index is 0.0646. The van der Waals surface area contributed by atoms with Crippen molar-refractivity contribution < 1.29 is 26.4 Å². The zero-order valence-corrected chi connectivity index (χ0v) is 17.0. The van der Waals surface area contributed by atoms with Crippen molar-refractivity contribution in [3.8, 4) is 5.69 Å². The molecule has 0 bridgehead atoms. The summed E-state index contributed by atoms with van der Waals surface area (Å²) < 4.78 is 63.7. The first kappa shape index (κ1) is 21.8. The molecule has 3 rings (SSSR count). The molecule has 0 spiro atoms. The second-order valence-corrected chi connectivity index (χ2v) is 8.80. The number of para-hydroxylation sites is 1. The van der Waals surface area contributed by atoms with Gasteiger partial charge in [-0.25, -0.2) is 13.1 Å². The third-order valence-electron chi connectivity index (χ3n) is 4.09. The van der Waals surface area contributed by atoms with E-state index in [1.54, 1.807) is 18.2 Å². The number of carbonyl (C=O) groups excluding carboxylic acids is 1. The van der Waals surface area contributed by atoms with Gasteiger partial charge in [0.25, 0.3) is 5.91 Å². The molecule has 2 aromatic carbocycles. The van der Waals surface area contributed by atoms with Crippen LogP contribution in [-0.2, 0) is 22.6 Å². The average Bonchev–Trinajstić information content (AvgIpc) is 3.12. The molecule has 11 heteroatoms. The molecule has 158 valence electrons. The third-order valence-corrected chi connectivity index (χ3v) is 5.52. The molecule has 0 saturated heterocycles. The smallest absolute Gasteiger partial charge is 0.347 e. The highest BCUT2D eigenvalue weighted by atomic mass is 35.5. The summed E-state index contributed by atoms with van der Waals surface area (Å²) in [6, 6.07) is 12.5. The monoisotopic (exact) mass is 457 g/mol. The van der Waals surface area contributed by atoms with E-state index in [1.165, 1.54) is 30.3 Å². The van der Waals surface area contributed by atoms with Gasteiger partial charge in [-0.15, -0.1) is 0 Å². The number of halogens is 4. The van der Waals surface area contributed by atoms with Crippen LogP contribution >= 0.6 is 11.6 Å². The molecule has 0 atom stereocenters. The Balaban J connectivity index is 1.92. The molecule has 1 N–H and O–H groups in total. The van der Waals surface area contributed by atoms with E-state index in [4.69, 9.17) is 11.6 Å². The first-order chi connectivity index (χ1) is 14.0. The average molecular weight is 458 g/mol. The van der Waals surface area contributed by atoms with E-state index in [0.29, 0.717) is 11.6 Å². The molecule has 1 amide bonds. The predicted molar refractivity (Wildman–Crippen MR) is 104 cm³/mol. The van der Waals surface area contributed by atoms with E-state index in [9.17, 15) is 26.4 Å². The molecular formula is C19H15ClF3N3O3S. The summed E-state index contributed by atoms with van der Waals surface area (Å²) in [5, 5.41) is 6.10. The standard InChI is InChI=1S/C19H15ClF3N3O3S/c1-30(28,29)13-6-4-5-12(9-13)11-24-18(27)16-10-17(19(21,22)23)25-26(16)15-8-3-2-7-14(15)20/h2-10H,11H2,1H3,(H,24,27). The van der Waals surface area contributed by atoms with E-state index < -0.39 is 27.6 Å². The van der Waals surface area contributed by atoms with Gasteiger partial charge in [0.2, 0.25) is 0 Å². The van der Waals surface area contributed by atoms with Gasteiger partial charge in [0.15, 0.2) is 15.5 Å². The summed E-state index contributed by atoms with van der Waals surface area (Å²) in [5.41, 5.74) is -1.04. The van der Waals surface area contributed by atoms with Gasteiger partial charge in [-0.3, -0.25) is 4.79 Å². The second-order valence-electron chi connectivity index (χ2n) is 6.38. The van der Waals surface area contributed by atoms with E-state index in [0.717, 1.165) is 10.9 Å². The maximum atomic E-state index is 13.2. The van der Waals surface area contributed by atoms with Crippen molar-refractivity contribution in [2.75, 3.05) is 6.26 Å². The quantitative estimate of drug-likeness (QED) is 0.630. The molecule has 0 unspecified atom stereocenters. The van der Waals surface area contributed by atoms with Crippen LogP contribution in [0.4, 0.5) is 13.2 Å². The van der Waals surface area contributed by atoms with Gasteiger partial charge in [-0.2, -0.15) is 18.3 Å². The molecule has 30 heavy (non-hydrogen) atoms. The van der Waals surface area contributed by atoms with Crippen LogP contribution in [0.15, 0.2) is 59.5 Å². The van der Waals surface area contributed by atoms with Crippen molar-refractivity contribution in [3.63, 3.8) is 0 Å². The lowest BCUT2D eigenvalue weighted by molar-refractivity contribution is -0.141. The van der Waals surface area contributed by atoms with Crippen LogP contribution in [0.25, 0.3) is 5.69 Å². The lowest BCUT2D eigenvalue weighted by Gasteiger charge is -2.10. The maximum Gasteiger partial charge on any atom is 0.435 e. The highest BCUT2D eigenvalue weighted by Crippen LogP contribution is 2.31. The zero-order chi connectivity index (χ0) is 22.1. The summed E-state index contributed by atoms with van der Waals surface area (Å²) in [6.07, 6.45) is -3.71. The summed E-state index contributed by atoms with van der Waals surface area (Å²) in [5.74, 6) is -0.831. The van der Waals surface area contributed by atoms with Crippen LogP contribution in [-0.4, -0.2) is 30.4 Å². The first-order valence-electron chi connectivity index (χ1n) is 8.46. The summed E-state index contributed by atoms with van der Waals surface area (Å²) >= 11 is 6.06. The molecule has 0 radical (unpaired) electrons. The van der Waals surface area contributed by atoms with Crippen LogP contribution in [0.2, 0.25) is 5.02 Å². The van der Waals surface area contributed by atoms with Gasteiger partial charge in [-0.1, -0.05) is 35.9 Å². The number of rotatable bonds is 5. The van der Waals surface area contributed by atoms with Gasteiger partial charge in [0, 0.05) is 18.9 Å². The topological polar surface area (TPSA) is 81.1 Å². The molecule has 1 heterocycles. The van der Waals surface area contributed by atoms with Crippen molar-refractivity contribution in [2.24, 2.45) is 0 Å². The van der Waals surface area contributed by atoms with Crippen molar-refractivity contribution in [1.82, 2.24) is 15.1 Å². The van der Waals surface area contributed by atoms with Gasteiger partial charge in [-0.05, 0) is 29.8 Å². The van der Waals surface area contributed by atoms with Crippen LogP contribution in [0.5, 0.6) is 0 Å². The van der Waals surface area contributed by atoms with Crippen molar-refractivity contribution in [3.05, 3.63) is 76.6 Å². The Morgan fingerprint density at radius 3 is 2.47 bits per heavy atom. The van der Waals surface area contributed by atoms with Crippen LogP contribution in [0, 0.1) is 0 Å². The largest absolute Gasteiger partial charge is 0.435 e. The minimum atomic E-state index is -4.76. The summed E-state index contributed by atoms with van der Waals surface area (Å²) in [4.78, 5) is 12.7. The van der Waals surface area contributed by atoms with Crippen LogP contribution in [0.3, 0.4) is 0 Å². The number of amides is 1. The SMILES string of the molecule is CS(=O)(=O)c1cccc(CNC(=O)c2cc(C(F)(F)F)nn2-c2ccccc2Cl)c1. The van der Waals surface area contributed by atoms with Gasteiger partial charge in [0.1, 0.15) is 5.69 Å². The number of carbonyl (C=O) groups is 1. The van der Waals surface area contributed by atoms with E-state index >= 15 is 0 Å². The number of nitrogens with zero attached hydrogens (tertiary/aromatic N) is 2. The van der Waals surface area contributed by atoms with Crippen LogP contribution in [0.1, 0.15) is 21.7 Å². The molecule has 0 aliphatic rings. The van der Waals surface area contributed by atoms with Crippen molar-refractivity contribution in [2.45, 2.75) is 17.6 Å². The normalized spacial score (nSPS) is 12.0. The highest BCUT2D eigenvalue weighted by molar-refractivity contribution is 7.90. The lowest BCUT2D eigenvalue weighted by Crippen LogP contribution is -2.25. The van der Waals surface area contributed by atoms with Gasteiger partial charge >= 0.3 is 6.18 Å². The molecule has 0 aliphatic heterocycles. The Morgan fingerprint density at radius 2 is 1.83 bits per heavy atom. The number of hydrogen-bond donors (Lipinski definition) is 1.